The molecule has 3 nitrogen and oxygen atoms in total. The molecule has 1 saturated carbocycles. The molecule has 3 heteroatoms. The molecule has 1 aromatic carbocycles. The van der Waals surface area contributed by atoms with E-state index < -0.39 is 0 Å². The zero-order valence-corrected chi connectivity index (χ0v) is 10.2. The van der Waals surface area contributed by atoms with E-state index in [-0.39, 0.29) is 18.1 Å². The highest BCUT2D eigenvalue weighted by atomic mass is 16.3. The van der Waals surface area contributed by atoms with Gasteiger partial charge in [0, 0.05) is 5.56 Å². The molecule has 0 aromatic heterocycles. The minimum absolute atomic E-state index is 0.0348. The lowest BCUT2D eigenvalue weighted by molar-refractivity contribution is 0.0641. The molecule has 0 atom stereocenters. The zero-order valence-electron chi connectivity index (χ0n) is 10.2. The molecule has 2 rings (SSSR count). The van der Waals surface area contributed by atoms with E-state index in [1.54, 1.807) is 0 Å². The number of hydrogen-bond donors (Lipinski definition) is 2. The van der Waals surface area contributed by atoms with Crippen LogP contribution in [0.25, 0.3) is 0 Å². The summed E-state index contributed by atoms with van der Waals surface area (Å²) in [7, 11) is 0. The van der Waals surface area contributed by atoms with Crippen LogP contribution in [-0.4, -0.2) is 23.2 Å². The van der Waals surface area contributed by atoms with Gasteiger partial charge < -0.3 is 10.4 Å². The Hall–Kier alpha value is -1.35. The molecule has 0 radical (unpaired) electrons. The number of nitrogens with one attached hydrogen (secondary N) is 1. The van der Waals surface area contributed by atoms with Gasteiger partial charge in [-0.2, -0.15) is 0 Å². The van der Waals surface area contributed by atoms with Crippen LogP contribution in [0.2, 0.25) is 0 Å². The number of carbonyl (C=O) groups is 1. The van der Waals surface area contributed by atoms with Gasteiger partial charge in [0.15, 0.2) is 0 Å². The number of rotatable bonds is 4. The third kappa shape index (κ3) is 2.34. The van der Waals surface area contributed by atoms with Crippen molar-refractivity contribution in [1.82, 2.24) is 5.32 Å². The molecule has 0 saturated heterocycles. The van der Waals surface area contributed by atoms with Gasteiger partial charge in [-0.05, 0) is 37.3 Å². The van der Waals surface area contributed by atoms with Gasteiger partial charge in [0.2, 0.25) is 0 Å². The van der Waals surface area contributed by atoms with Gasteiger partial charge in [-0.15, -0.1) is 0 Å². The van der Waals surface area contributed by atoms with Crippen molar-refractivity contribution < 1.29 is 9.90 Å². The number of aryl methyl sites for hydroxylation is 1. The third-order valence-corrected chi connectivity index (χ3v) is 3.63. The molecule has 1 aliphatic rings. The van der Waals surface area contributed by atoms with Crippen molar-refractivity contribution in [1.29, 1.82) is 0 Å². The lowest BCUT2D eigenvalue weighted by atomic mass is 9.77. The fourth-order valence-corrected chi connectivity index (χ4v) is 2.28. The van der Waals surface area contributed by atoms with Gasteiger partial charge in [-0.25, -0.2) is 0 Å². The molecule has 2 N–H and O–H groups in total. The molecule has 0 unspecified atom stereocenters. The Balaban J connectivity index is 2.14. The van der Waals surface area contributed by atoms with Crippen molar-refractivity contribution in [3.05, 3.63) is 35.4 Å². The summed E-state index contributed by atoms with van der Waals surface area (Å²) in [4.78, 5) is 12.2. The van der Waals surface area contributed by atoms with Crippen molar-refractivity contribution >= 4 is 5.91 Å². The maximum atomic E-state index is 12.2. The predicted octanol–water partition coefficient (Wildman–Crippen LogP) is 1.89. The average Bonchev–Trinajstić information content (AvgIpc) is 2.33. The normalized spacial score (nSPS) is 17.3. The molecule has 92 valence electrons. The number of aliphatic hydroxyl groups excluding tert-OH is 1. The Morgan fingerprint density at radius 2 is 2.12 bits per heavy atom. The Morgan fingerprint density at radius 3 is 2.65 bits per heavy atom. The first-order valence-electron chi connectivity index (χ1n) is 6.22. The smallest absolute Gasteiger partial charge is 0.252 e. The number of carbonyl (C=O) groups excluding carboxylic acids is 1. The quantitative estimate of drug-likeness (QED) is 0.834. The van der Waals surface area contributed by atoms with Gasteiger partial charge in [0.25, 0.3) is 5.91 Å². The molecule has 0 bridgehead atoms. The summed E-state index contributed by atoms with van der Waals surface area (Å²) >= 11 is 0. The molecule has 1 aliphatic carbocycles. The van der Waals surface area contributed by atoms with Gasteiger partial charge >= 0.3 is 0 Å². The van der Waals surface area contributed by atoms with Crippen LogP contribution in [0.4, 0.5) is 0 Å². The minimum atomic E-state index is -0.363. The first-order valence-corrected chi connectivity index (χ1v) is 6.22. The van der Waals surface area contributed by atoms with E-state index in [1.165, 1.54) is 0 Å². The summed E-state index contributed by atoms with van der Waals surface area (Å²) in [5, 5.41) is 12.3. The van der Waals surface area contributed by atoms with Crippen molar-refractivity contribution in [2.45, 2.75) is 38.1 Å². The Morgan fingerprint density at radius 1 is 1.41 bits per heavy atom. The van der Waals surface area contributed by atoms with Crippen molar-refractivity contribution in [3.63, 3.8) is 0 Å². The first kappa shape index (κ1) is 12.1. The van der Waals surface area contributed by atoms with Crippen LogP contribution in [-0.2, 0) is 6.42 Å². The van der Waals surface area contributed by atoms with Crippen LogP contribution in [0.5, 0.6) is 0 Å². The lowest BCUT2D eigenvalue weighted by Gasteiger charge is -2.41. The van der Waals surface area contributed by atoms with E-state index >= 15 is 0 Å². The van der Waals surface area contributed by atoms with Crippen LogP contribution in [0.3, 0.4) is 0 Å². The second-order valence-electron chi connectivity index (χ2n) is 4.76. The number of benzene rings is 1. The highest BCUT2D eigenvalue weighted by molar-refractivity contribution is 5.96. The van der Waals surface area contributed by atoms with Crippen molar-refractivity contribution in [2.24, 2.45) is 0 Å². The maximum Gasteiger partial charge on any atom is 0.252 e. The van der Waals surface area contributed by atoms with Crippen LogP contribution in [0.1, 0.15) is 42.1 Å². The zero-order chi connectivity index (χ0) is 12.3. The maximum absolute atomic E-state index is 12.2. The Labute approximate surface area is 102 Å². The predicted molar refractivity (Wildman–Crippen MR) is 67.0 cm³/mol. The van der Waals surface area contributed by atoms with Crippen molar-refractivity contribution in [3.8, 4) is 0 Å². The van der Waals surface area contributed by atoms with Gasteiger partial charge in [0.1, 0.15) is 0 Å². The topological polar surface area (TPSA) is 49.3 Å². The number of amides is 1. The summed E-state index contributed by atoms with van der Waals surface area (Å²) in [6.45, 7) is 2.07. The van der Waals surface area contributed by atoms with Crippen LogP contribution in [0, 0.1) is 0 Å². The van der Waals surface area contributed by atoms with Crippen molar-refractivity contribution in [2.75, 3.05) is 6.61 Å². The second-order valence-corrected chi connectivity index (χ2v) is 4.76. The second kappa shape index (κ2) is 4.88. The van der Waals surface area contributed by atoms with Gasteiger partial charge in [0.05, 0.1) is 12.1 Å². The highest BCUT2D eigenvalue weighted by Gasteiger charge is 2.38. The van der Waals surface area contributed by atoms with Crippen LogP contribution in [0.15, 0.2) is 24.3 Å². The summed E-state index contributed by atoms with van der Waals surface area (Å²) in [5.74, 6) is -0.0591. The number of hydrogen-bond acceptors (Lipinski definition) is 2. The summed E-state index contributed by atoms with van der Waals surface area (Å²) in [6, 6.07) is 7.64. The highest BCUT2D eigenvalue weighted by Crippen LogP contribution is 2.31. The molecule has 0 aliphatic heterocycles. The molecule has 1 fully saturated rings. The van der Waals surface area contributed by atoms with E-state index in [1.807, 2.05) is 31.2 Å². The summed E-state index contributed by atoms with van der Waals surface area (Å²) in [6.07, 6.45) is 3.68. The van der Waals surface area contributed by atoms with E-state index in [0.717, 1.165) is 36.8 Å². The van der Waals surface area contributed by atoms with E-state index in [4.69, 9.17) is 0 Å². The van der Waals surface area contributed by atoms with Crippen LogP contribution >= 0.6 is 0 Å². The number of aliphatic hydroxyl groups is 1. The van der Waals surface area contributed by atoms with Gasteiger partial charge in [-0.3, -0.25) is 4.79 Å². The van der Waals surface area contributed by atoms with E-state index in [2.05, 4.69) is 5.32 Å². The third-order valence-electron chi connectivity index (χ3n) is 3.63. The lowest BCUT2D eigenvalue weighted by Crippen LogP contribution is -2.56. The SMILES string of the molecule is CCc1ccccc1C(=O)NC1(CO)CCC1. The molecule has 0 heterocycles. The minimum Gasteiger partial charge on any atom is -0.394 e. The summed E-state index contributed by atoms with van der Waals surface area (Å²) < 4.78 is 0. The monoisotopic (exact) mass is 233 g/mol. The van der Waals surface area contributed by atoms with Crippen LogP contribution < -0.4 is 5.32 Å². The molecule has 1 aromatic rings. The molecule has 1 amide bonds. The Bertz CT molecular complexity index is 405. The Kier molecular flexibility index (Phi) is 3.48. The summed E-state index contributed by atoms with van der Waals surface area (Å²) in [5.41, 5.74) is 1.42. The molecular formula is C14H19NO2. The van der Waals surface area contributed by atoms with E-state index in [9.17, 15) is 9.90 Å². The first-order chi connectivity index (χ1) is 8.21. The fraction of sp³-hybridized carbons (Fsp3) is 0.500. The standard InChI is InChI=1S/C14H19NO2/c1-2-11-6-3-4-7-12(11)13(17)15-14(10-16)8-5-9-14/h3-4,6-7,16H,2,5,8-10H2,1H3,(H,15,17). The van der Waals surface area contributed by atoms with Gasteiger partial charge in [-0.1, -0.05) is 25.1 Å². The molecule has 0 spiro atoms. The fourth-order valence-electron chi connectivity index (χ4n) is 2.28. The molecular weight excluding hydrogens is 214 g/mol. The largest absolute Gasteiger partial charge is 0.394 e. The average molecular weight is 233 g/mol. The molecule has 17 heavy (non-hydrogen) atoms. The van der Waals surface area contributed by atoms with E-state index in [0.29, 0.717) is 0 Å².